The van der Waals surface area contributed by atoms with Gasteiger partial charge in [0.2, 0.25) is 0 Å². The average Bonchev–Trinajstić information content (AvgIpc) is 3.65. The number of hydrogen-bond donors (Lipinski definition) is 1. The summed E-state index contributed by atoms with van der Waals surface area (Å²) >= 11 is 0. The molecule has 344 valence electrons. The zero-order chi connectivity index (χ0) is 47.8. The first-order valence-corrected chi connectivity index (χ1v) is 22.0. The summed E-state index contributed by atoms with van der Waals surface area (Å²) in [5.41, 5.74) is 15.3. The molecule has 0 aliphatic carbocycles. The zero-order valence-electron chi connectivity index (χ0n) is 38.7. The van der Waals surface area contributed by atoms with Crippen LogP contribution in [0.4, 0.5) is 22.7 Å². The molecule has 2 fully saturated rings. The van der Waals surface area contributed by atoms with Crippen molar-refractivity contribution in [3.63, 3.8) is 0 Å². The van der Waals surface area contributed by atoms with Gasteiger partial charge in [-0.25, -0.2) is 29.2 Å². The number of aromatic nitrogens is 6. The summed E-state index contributed by atoms with van der Waals surface area (Å²) in [7, 11) is 3.49. The summed E-state index contributed by atoms with van der Waals surface area (Å²) < 4.78 is 10.6. The lowest BCUT2D eigenvalue weighted by molar-refractivity contribution is -0.156. The molecule has 17 nitrogen and oxygen atoms in total. The van der Waals surface area contributed by atoms with Crippen molar-refractivity contribution < 1.29 is 19.1 Å². The van der Waals surface area contributed by atoms with Crippen molar-refractivity contribution in [2.75, 3.05) is 36.0 Å². The number of carbonyl (C=O) groups is 3. The number of nitrogens with two attached hydrogens (primary N) is 1. The molecule has 2 aliphatic heterocycles. The predicted octanol–water partition coefficient (Wildman–Crippen LogP) is 6.50. The number of Topliss-reactive ketones (excluding diaryl/α,β-unsaturated/α-hetero) is 1. The number of nitrogens with zero attached hydrogens (tertiary/aromatic N) is 10. The molecule has 66 heavy (non-hydrogen) atoms. The van der Waals surface area contributed by atoms with E-state index >= 15 is 0 Å². The molecule has 0 radical (unpaired) electrons. The van der Waals surface area contributed by atoms with Gasteiger partial charge in [0, 0.05) is 91.1 Å². The van der Waals surface area contributed by atoms with Crippen molar-refractivity contribution in [2.24, 2.45) is 25.7 Å². The van der Waals surface area contributed by atoms with E-state index < -0.39 is 11.9 Å². The minimum Gasteiger partial charge on any atom is -0.394 e. The highest BCUT2D eigenvalue weighted by Crippen LogP contribution is 2.33. The molecule has 6 aromatic rings. The van der Waals surface area contributed by atoms with Gasteiger partial charge in [-0.05, 0) is 75.6 Å². The van der Waals surface area contributed by atoms with Crippen LogP contribution in [0.3, 0.4) is 0 Å². The lowest BCUT2D eigenvalue weighted by Gasteiger charge is -2.34. The van der Waals surface area contributed by atoms with E-state index in [1.54, 1.807) is 51.4 Å². The van der Waals surface area contributed by atoms with E-state index in [1.807, 2.05) is 62.4 Å². The van der Waals surface area contributed by atoms with Crippen molar-refractivity contribution in [1.82, 2.24) is 28.2 Å². The Morgan fingerprint density at radius 2 is 1.15 bits per heavy atom. The van der Waals surface area contributed by atoms with E-state index in [1.165, 1.54) is 13.8 Å². The molecule has 2 aliphatic rings. The van der Waals surface area contributed by atoms with Crippen LogP contribution in [0.5, 0.6) is 0 Å². The third-order valence-electron chi connectivity index (χ3n) is 11.8. The fraction of sp³-hybridized carbons (Fsp3) is 0.408. The molecule has 2 N–H and O–H groups in total. The van der Waals surface area contributed by atoms with Crippen LogP contribution in [0.1, 0.15) is 75.4 Å². The number of benzene rings is 2. The fourth-order valence-corrected chi connectivity index (χ4v) is 8.90. The van der Waals surface area contributed by atoms with Gasteiger partial charge in [0.25, 0.3) is 0 Å². The highest BCUT2D eigenvalue weighted by Gasteiger charge is 2.27. The van der Waals surface area contributed by atoms with Gasteiger partial charge in [0.05, 0.1) is 24.5 Å². The molecule has 2 saturated heterocycles. The maximum Gasteiger partial charge on any atom is 0.330 e. The standard InChI is InChI=1S/C24H27N5O2.C21H24N6O.C4H6O3/c1-16-12-21(28-11-7-8-18(14-28)13-17(2)30)22-23(26-16)27(4)24(31)29(22)15-19-9-5-6-10-20(19)25-3;1-14-11-18(26-10-6-8-16(22)13-26)19-20(24-14)25(3)21(28)27(19)12-15-7-4-5-9-17(15)23-2;1-3(5)7-4(2)6/h5-6,9-10,12,18H,7-8,11,13-15H2,1-2,4H3;4-5,7,9,11,16H,6,8,10,12-13,22H2,1,3H3;1-2H3/t18-;16-;/m01./s1. The van der Waals surface area contributed by atoms with Crippen LogP contribution in [0, 0.1) is 32.9 Å². The highest BCUT2D eigenvalue weighted by molar-refractivity contribution is 5.89. The predicted molar refractivity (Wildman–Crippen MR) is 255 cm³/mol. The van der Waals surface area contributed by atoms with E-state index in [4.69, 9.17) is 18.9 Å². The molecule has 0 unspecified atom stereocenters. The lowest BCUT2D eigenvalue weighted by atomic mass is 9.93. The van der Waals surface area contributed by atoms with Gasteiger partial charge in [0.15, 0.2) is 22.7 Å². The molecule has 6 heterocycles. The number of imidazole rings is 2. The molecule has 0 saturated carbocycles. The Balaban J connectivity index is 0.000000192. The molecule has 2 atom stereocenters. The van der Waals surface area contributed by atoms with Crippen molar-refractivity contribution >= 4 is 62.8 Å². The number of esters is 2. The summed E-state index contributed by atoms with van der Waals surface area (Å²) in [6.07, 6.45) is 4.69. The minimum absolute atomic E-state index is 0.129. The second-order valence-electron chi connectivity index (χ2n) is 17.0. The first-order valence-electron chi connectivity index (χ1n) is 22.0. The Morgan fingerprint density at radius 3 is 1.56 bits per heavy atom. The van der Waals surface area contributed by atoms with E-state index in [0.717, 1.165) is 96.8 Å². The zero-order valence-corrected chi connectivity index (χ0v) is 38.7. The number of rotatable bonds is 8. The third kappa shape index (κ3) is 10.9. The van der Waals surface area contributed by atoms with Crippen LogP contribution in [-0.2, 0) is 46.3 Å². The molecule has 8 rings (SSSR count). The largest absolute Gasteiger partial charge is 0.394 e. The minimum atomic E-state index is -0.562. The van der Waals surface area contributed by atoms with E-state index in [9.17, 15) is 24.0 Å². The first-order chi connectivity index (χ1) is 31.5. The molecule has 4 aromatic heterocycles. The maximum atomic E-state index is 13.2. The van der Waals surface area contributed by atoms with Crippen LogP contribution < -0.4 is 26.9 Å². The molecule has 17 heteroatoms. The van der Waals surface area contributed by atoms with Crippen LogP contribution >= 0.6 is 0 Å². The molecule has 0 bridgehead atoms. The third-order valence-corrected chi connectivity index (χ3v) is 11.8. The molecular formula is C49H57N11O6. The van der Waals surface area contributed by atoms with Crippen molar-refractivity contribution in [2.45, 2.75) is 85.9 Å². The summed E-state index contributed by atoms with van der Waals surface area (Å²) in [5, 5.41) is 0. The van der Waals surface area contributed by atoms with Crippen molar-refractivity contribution in [1.29, 1.82) is 0 Å². The molecule has 0 spiro atoms. The molecular weight excluding hydrogens is 839 g/mol. The average molecular weight is 896 g/mol. The van der Waals surface area contributed by atoms with Crippen molar-refractivity contribution in [3.05, 3.63) is 127 Å². The van der Waals surface area contributed by atoms with Crippen molar-refractivity contribution in [3.8, 4) is 0 Å². The highest BCUT2D eigenvalue weighted by atomic mass is 16.6. The molecule has 0 amide bonds. The smallest absolute Gasteiger partial charge is 0.330 e. The van der Waals surface area contributed by atoms with Gasteiger partial charge >= 0.3 is 23.3 Å². The van der Waals surface area contributed by atoms with E-state index in [0.29, 0.717) is 48.1 Å². The number of para-hydroxylation sites is 2. The summed E-state index contributed by atoms with van der Waals surface area (Å²) in [4.78, 5) is 78.7. The number of ketones is 1. The quantitative estimate of drug-likeness (QED) is 0.100. The van der Waals surface area contributed by atoms with Gasteiger partial charge < -0.3 is 25.1 Å². The molecule has 2 aromatic carbocycles. The number of carbonyl (C=O) groups excluding carboxylic acids is 3. The monoisotopic (exact) mass is 895 g/mol. The van der Waals surface area contributed by atoms with Gasteiger partial charge in [-0.15, -0.1) is 0 Å². The number of ether oxygens (including phenoxy) is 1. The number of pyridine rings is 2. The Labute approximate surface area is 383 Å². The Morgan fingerprint density at radius 1 is 0.712 bits per heavy atom. The number of anilines is 2. The first kappa shape index (κ1) is 48.1. The summed E-state index contributed by atoms with van der Waals surface area (Å²) in [5.74, 6) is -0.586. The van der Waals surface area contributed by atoms with Crippen LogP contribution in [0.25, 0.3) is 32.0 Å². The van der Waals surface area contributed by atoms with Gasteiger partial charge in [0.1, 0.15) is 16.8 Å². The van der Waals surface area contributed by atoms with Crippen LogP contribution in [0.2, 0.25) is 0 Å². The number of piperidine rings is 2. The normalized spacial score (nSPS) is 15.8. The Hall–Kier alpha value is -7.37. The summed E-state index contributed by atoms with van der Waals surface area (Å²) in [6, 6.07) is 19.0. The van der Waals surface area contributed by atoms with Crippen LogP contribution in [0.15, 0.2) is 70.3 Å². The van der Waals surface area contributed by atoms with E-state index in [2.05, 4.69) is 34.2 Å². The Bertz CT molecular complexity index is 2990. The Kier molecular flexibility index (Phi) is 15.4. The lowest BCUT2D eigenvalue weighted by Crippen LogP contribution is -2.43. The van der Waals surface area contributed by atoms with Gasteiger partial charge in [-0.2, -0.15) is 0 Å². The second kappa shape index (κ2) is 21.1. The van der Waals surface area contributed by atoms with Gasteiger partial charge in [-0.3, -0.25) is 27.9 Å². The maximum absolute atomic E-state index is 13.2. The summed E-state index contributed by atoms with van der Waals surface area (Å²) in [6.45, 7) is 26.8. The topological polar surface area (TPSA) is 181 Å². The van der Waals surface area contributed by atoms with Gasteiger partial charge in [-0.1, -0.05) is 48.5 Å². The number of fused-ring (bicyclic) bond motifs is 2. The second-order valence-corrected chi connectivity index (χ2v) is 17.0. The fourth-order valence-electron chi connectivity index (χ4n) is 8.90. The number of aryl methyl sites for hydroxylation is 4. The number of hydrogen-bond acceptors (Lipinski definition) is 11. The van der Waals surface area contributed by atoms with Crippen LogP contribution in [-0.4, -0.2) is 78.2 Å². The van der Waals surface area contributed by atoms with E-state index in [-0.39, 0.29) is 23.2 Å². The SMILES string of the molecule is CC(=O)OC(C)=O.[C-]#[N+]c1ccccc1Cn1c(=O)n(C)c2nc(C)cc(N3CCC[C@@H](CC(C)=O)C3)c21.[C-]#[N+]c1ccccc1Cn1c(=O)n(C)c2nc(C)cc(N3CCC[C@@H](N)C3)c21.